The van der Waals surface area contributed by atoms with Gasteiger partial charge in [0.2, 0.25) is 17.7 Å². The highest BCUT2D eigenvalue weighted by atomic mass is 35.5. The largest absolute Gasteiger partial charge is 0.326 e. The predicted molar refractivity (Wildman–Crippen MR) is 129 cm³/mol. The second-order valence-corrected chi connectivity index (χ2v) is 9.65. The van der Waals surface area contributed by atoms with Gasteiger partial charge in [-0.1, -0.05) is 48.0 Å². The van der Waals surface area contributed by atoms with Crippen LogP contribution in [0.25, 0.3) is 10.9 Å². The summed E-state index contributed by atoms with van der Waals surface area (Å²) in [7, 11) is 0. The highest BCUT2D eigenvalue weighted by Crippen LogP contribution is 2.54. The Hall–Kier alpha value is -3.51. The Morgan fingerprint density at radius 1 is 1.03 bits per heavy atom. The van der Waals surface area contributed by atoms with Gasteiger partial charge in [0.15, 0.2) is 0 Å². The maximum atomic E-state index is 13.5. The number of amides is 3. The maximum Gasteiger partial charge on any atom is 0.234 e. The van der Waals surface area contributed by atoms with E-state index in [4.69, 9.17) is 11.6 Å². The lowest BCUT2D eigenvalue weighted by Crippen LogP contribution is -2.38. The first-order valence-electron chi connectivity index (χ1n) is 11.5. The summed E-state index contributed by atoms with van der Waals surface area (Å²) in [6, 6.07) is 15.6. The predicted octanol–water partition coefficient (Wildman–Crippen LogP) is 4.77. The molecule has 2 aromatic carbocycles. The van der Waals surface area contributed by atoms with Crippen LogP contribution in [-0.2, 0) is 14.4 Å². The lowest BCUT2D eigenvalue weighted by Gasteiger charge is -2.28. The molecule has 2 bridgehead atoms. The molecule has 5 atom stereocenters. The van der Waals surface area contributed by atoms with Crippen LogP contribution in [0.2, 0.25) is 5.02 Å². The van der Waals surface area contributed by atoms with Crippen molar-refractivity contribution in [3.8, 4) is 0 Å². The second-order valence-electron chi connectivity index (χ2n) is 9.25. The molecule has 6 nitrogen and oxygen atoms in total. The third kappa shape index (κ3) is 3.32. The van der Waals surface area contributed by atoms with Crippen LogP contribution < -0.4 is 5.32 Å². The number of pyridine rings is 1. The monoisotopic (exact) mass is 471 g/mol. The van der Waals surface area contributed by atoms with Crippen molar-refractivity contribution >= 4 is 45.9 Å². The number of carbonyl (C=O) groups excluding carboxylic acids is 3. The number of aromatic nitrogens is 1. The van der Waals surface area contributed by atoms with E-state index in [-0.39, 0.29) is 47.8 Å². The topological polar surface area (TPSA) is 79.4 Å². The molecular formula is C27H22ClN3O3. The van der Waals surface area contributed by atoms with Gasteiger partial charge in [0.1, 0.15) is 0 Å². The number of likely N-dealkylation sites (tertiary alicyclic amines) is 1. The zero-order valence-electron chi connectivity index (χ0n) is 18.2. The number of hydrogen-bond donors (Lipinski definition) is 1. The van der Waals surface area contributed by atoms with Gasteiger partial charge in [-0.3, -0.25) is 24.3 Å². The summed E-state index contributed by atoms with van der Waals surface area (Å²) >= 11 is 6.49. The molecule has 34 heavy (non-hydrogen) atoms. The molecule has 6 rings (SSSR count). The number of benzene rings is 2. The quantitative estimate of drug-likeness (QED) is 0.429. The van der Waals surface area contributed by atoms with Crippen molar-refractivity contribution < 1.29 is 14.4 Å². The molecule has 170 valence electrons. The SMILES string of the molecule is O=C(CC(c1ccccc1Cl)N1C(=O)C2C3C=CC(C3)C2C1=O)Nc1ccc2ncccc2c1. The standard InChI is InChI=1S/C27H22ClN3O3/c28-20-6-2-1-5-19(20)22(31-26(33)24-16-7-8-17(12-16)25(24)27(31)34)14-23(32)30-18-9-10-21-15(13-18)4-3-11-29-21/h1-11,13,16-17,22,24-25H,12,14H2,(H,30,32). The molecule has 1 aliphatic heterocycles. The van der Waals surface area contributed by atoms with Crippen LogP contribution in [0, 0.1) is 23.7 Å². The number of carbonyl (C=O) groups is 3. The average Bonchev–Trinajstić information content (AvgIpc) is 3.52. The average molecular weight is 472 g/mol. The summed E-state index contributed by atoms with van der Waals surface area (Å²) in [5.41, 5.74) is 2.06. The Morgan fingerprint density at radius 3 is 2.50 bits per heavy atom. The lowest BCUT2D eigenvalue weighted by atomic mass is 9.85. The number of hydrogen-bond acceptors (Lipinski definition) is 4. The first kappa shape index (κ1) is 21.1. The Kier molecular flexibility index (Phi) is 4.99. The van der Waals surface area contributed by atoms with Gasteiger partial charge in [0.05, 0.1) is 29.8 Å². The molecule has 1 saturated heterocycles. The Morgan fingerprint density at radius 2 is 1.76 bits per heavy atom. The highest BCUT2D eigenvalue weighted by molar-refractivity contribution is 6.31. The van der Waals surface area contributed by atoms with Gasteiger partial charge in [0.25, 0.3) is 0 Å². The van der Waals surface area contributed by atoms with Crippen molar-refractivity contribution in [2.24, 2.45) is 23.7 Å². The molecule has 2 aliphatic carbocycles. The van der Waals surface area contributed by atoms with E-state index in [9.17, 15) is 14.4 Å². The molecule has 1 saturated carbocycles. The van der Waals surface area contributed by atoms with Gasteiger partial charge in [0, 0.05) is 22.3 Å². The Balaban J connectivity index is 1.30. The van der Waals surface area contributed by atoms with Crippen LogP contribution in [0.15, 0.2) is 72.9 Å². The normalized spacial score (nSPS) is 25.7. The van der Waals surface area contributed by atoms with Crippen molar-refractivity contribution in [3.05, 3.63) is 83.5 Å². The van der Waals surface area contributed by atoms with E-state index in [2.05, 4.69) is 22.5 Å². The molecule has 3 aromatic rings. The van der Waals surface area contributed by atoms with E-state index in [1.165, 1.54) is 4.90 Å². The molecular weight excluding hydrogens is 450 g/mol. The summed E-state index contributed by atoms with van der Waals surface area (Å²) in [5, 5.41) is 4.25. The summed E-state index contributed by atoms with van der Waals surface area (Å²) in [6.07, 6.45) is 6.62. The Bertz CT molecular complexity index is 1340. The van der Waals surface area contributed by atoms with E-state index in [1.807, 2.05) is 24.3 Å². The van der Waals surface area contributed by atoms with Gasteiger partial charge in [-0.2, -0.15) is 0 Å². The molecule has 2 fully saturated rings. The smallest absolute Gasteiger partial charge is 0.234 e. The molecule has 3 amide bonds. The van der Waals surface area contributed by atoms with E-state index >= 15 is 0 Å². The van der Waals surface area contributed by atoms with Crippen LogP contribution in [0.3, 0.4) is 0 Å². The highest BCUT2D eigenvalue weighted by Gasteiger charge is 2.60. The van der Waals surface area contributed by atoms with Crippen LogP contribution in [0.1, 0.15) is 24.4 Å². The van der Waals surface area contributed by atoms with Gasteiger partial charge < -0.3 is 5.32 Å². The summed E-state index contributed by atoms with van der Waals surface area (Å²) < 4.78 is 0. The van der Waals surface area contributed by atoms with Gasteiger partial charge >= 0.3 is 0 Å². The van der Waals surface area contributed by atoms with Gasteiger partial charge in [-0.05, 0) is 54.2 Å². The van der Waals surface area contributed by atoms with Gasteiger partial charge in [-0.15, -0.1) is 0 Å². The maximum absolute atomic E-state index is 13.5. The fourth-order valence-corrected chi connectivity index (χ4v) is 6.12. The number of fused-ring (bicyclic) bond motifs is 6. The minimum absolute atomic E-state index is 0.0749. The summed E-state index contributed by atoms with van der Waals surface area (Å²) in [6.45, 7) is 0. The van der Waals surface area contributed by atoms with E-state index < -0.39 is 6.04 Å². The molecule has 3 aliphatic rings. The van der Waals surface area contributed by atoms with Crippen LogP contribution >= 0.6 is 11.6 Å². The minimum atomic E-state index is -0.763. The number of halogens is 1. The molecule has 1 N–H and O–H groups in total. The van der Waals surface area contributed by atoms with E-state index in [0.717, 1.165) is 17.3 Å². The number of allylic oxidation sites excluding steroid dienone is 2. The molecule has 7 heteroatoms. The van der Waals surface area contributed by atoms with Crippen LogP contribution in [0.4, 0.5) is 5.69 Å². The molecule has 1 aromatic heterocycles. The first-order valence-corrected chi connectivity index (χ1v) is 11.8. The first-order chi connectivity index (χ1) is 16.5. The molecule has 5 unspecified atom stereocenters. The van der Waals surface area contributed by atoms with Crippen molar-refractivity contribution in [2.75, 3.05) is 5.32 Å². The molecule has 2 heterocycles. The number of rotatable bonds is 5. The number of anilines is 1. The van der Waals surface area contributed by atoms with Crippen molar-refractivity contribution in [1.82, 2.24) is 9.88 Å². The summed E-state index contributed by atoms with van der Waals surface area (Å²) in [4.78, 5) is 45.8. The van der Waals surface area contributed by atoms with Gasteiger partial charge in [-0.25, -0.2) is 0 Å². The summed E-state index contributed by atoms with van der Waals surface area (Å²) in [5.74, 6) is -1.14. The number of nitrogens with one attached hydrogen (secondary N) is 1. The lowest BCUT2D eigenvalue weighted by molar-refractivity contribution is -0.144. The van der Waals surface area contributed by atoms with Crippen molar-refractivity contribution in [1.29, 1.82) is 0 Å². The fraction of sp³-hybridized carbons (Fsp3) is 0.259. The molecule has 0 spiro atoms. The number of imide groups is 1. The van der Waals surface area contributed by atoms with Crippen molar-refractivity contribution in [3.63, 3.8) is 0 Å². The molecule has 0 radical (unpaired) electrons. The van der Waals surface area contributed by atoms with Crippen LogP contribution in [-0.4, -0.2) is 27.6 Å². The zero-order valence-corrected chi connectivity index (χ0v) is 19.0. The van der Waals surface area contributed by atoms with E-state index in [1.54, 1.807) is 36.5 Å². The number of nitrogens with zero attached hydrogens (tertiary/aromatic N) is 2. The third-order valence-electron chi connectivity index (χ3n) is 7.35. The Labute approximate surface area is 201 Å². The third-order valence-corrected chi connectivity index (χ3v) is 7.69. The second kappa shape index (κ2) is 8.06. The van der Waals surface area contributed by atoms with E-state index in [0.29, 0.717) is 16.3 Å². The minimum Gasteiger partial charge on any atom is -0.326 e. The van der Waals surface area contributed by atoms with Crippen molar-refractivity contribution in [2.45, 2.75) is 18.9 Å². The fourth-order valence-electron chi connectivity index (χ4n) is 5.86. The zero-order chi connectivity index (χ0) is 23.4. The van der Waals surface area contributed by atoms with Crippen LogP contribution in [0.5, 0.6) is 0 Å².